The molecular weight excluding hydrogens is 565 g/mol. The molecule has 0 aromatic heterocycles. The summed E-state index contributed by atoms with van der Waals surface area (Å²) in [7, 11) is 0. The van der Waals surface area contributed by atoms with Crippen LogP contribution in [0.1, 0.15) is 53.9 Å². The van der Waals surface area contributed by atoms with Crippen molar-refractivity contribution in [1.82, 2.24) is 15.5 Å². The molecule has 4 aromatic rings. The van der Waals surface area contributed by atoms with E-state index in [2.05, 4.69) is 39.8 Å². The van der Waals surface area contributed by atoms with Crippen molar-refractivity contribution in [3.63, 3.8) is 0 Å². The van der Waals surface area contributed by atoms with E-state index in [-0.39, 0.29) is 30.8 Å². The van der Waals surface area contributed by atoms with Crippen LogP contribution in [0.25, 0.3) is 0 Å². The van der Waals surface area contributed by atoms with Crippen molar-refractivity contribution in [3.8, 4) is 0 Å². The standard InChI is InChI=1S/C38H42FN3O3/c39-35-20-11-10-19-34(35)31-21-25-42(26-22-31)24-12-23-38(32-15-6-2-7-16-32,33-17-8-3-9-18-33)29-41-36(43)27-40-37(44)45-28-30-13-4-1-5-14-30/h1-11,13-20,31H,12,21-29H2,(H,40,44)(H,41,43). The van der Waals surface area contributed by atoms with E-state index >= 15 is 0 Å². The van der Waals surface area contributed by atoms with Gasteiger partial charge in [0, 0.05) is 12.0 Å². The molecule has 1 fully saturated rings. The van der Waals surface area contributed by atoms with Crippen LogP contribution in [0, 0.1) is 5.82 Å². The molecule has 1 aliphatic rings. The van der Waals surface area contributed by atoms with Crippen LogP contribution in [-0.2, 0) is 21.6 Å². The molecule has 234 valence electrons. The number of carbonyl (C=O) groups excluding carboxylic acids is 2. The van der Waals surface area contributed by atoms with Crippen LogP contribution in [0.5, 0.6) is 0 Å². The maximum absolute atomic E-state index is 14.4. The molecule has 4 aromatic carbocycles. The highest BCUT2D eigenvalue weighted by Crippen LogP contribution is 2.37. The van der Waals surface area contributed by atoms with Gasteiger partial charge in [-0.05, 0) is 79.6 Å². The Morgan fingerprint density at radius 2 is 1.36 bits per heavy atom. The molecule has 1 aliphatic heterocycles. The largest absolute Gasteiger partial charge is 0.445 e. The highest BCUT2D eigenvalue weighted by Gasteiger charge is 2.35. The van der Waals surface area contributed by atoms with Crippen molar-refractivity contribution < 1.29 is 18.7 Å². The summed E-state index contributed by atoms with van der Waals surface area (Å²) in [4.78, 5) is 27.7. The number of hydrogen-bond donors (Lipinski definition) is 2. The highest BCUT2D eigenvalue weighted by atomic mass is 19.1. The number of nitrogens with zero attached hydrogens (tertiary/aromatic N) is 1. The van der Waals surface area contributed by atoms with Gasteiger partial charge in [-0.2, -0.15) is 0 Å². The number of hydrogen-bond acceptors (Lipinski definition) is 4. The smallest absolute Gasteiger partial charge is 0.407 e. The molecule has 0 bridgehead atoms. The zero-order chi connectivity index (χ0) is 31.3. The lowest BCUT2D eigenvalue weighted by molar-refractivity contribution is -0.120. The number of nitrogens with one attached hydrogen (secondary N) is 2. The van der Waals surface area contributed by atoms with Crippen LogP contribution in [0.4, 0.5) is 9.18 Å². The van der Waals surface area contributed by atoms with Gasteiger partial charge in [-0.15, -0.1) is 0 Å². The van der Waals surface area contributed by atoms with Gasteiger partial charge >= 0.3 is 6.09 Å². The molecule has 0 atom stereocenters. The first-order valence-corrected chi connectivity index (χ1v) is 15.8. The lowest BCUT2D eigenvalue weighted by Gasteiger charge is -2.37. The molecule has 1 saturated heterocycles. The van der Waals surface area contributed by atoms with Crippen LogP contribution in [0.2, 0.25) is 0 Å². The molecule has 0 saturated carbocycles. The molecule has 5 rings (SSSR count). The second-order valence-corrected chi connectivity index (χ2v) is 11.7. The minimum Gasteiger partial charge on any atom is -0.445 e. The van der Waals surface area contributed by atoms with Crippen molar-refractivity contribution in [1.29, 1.82) is 0 Å². The molecule has 45 heavy (non-hydrogen) atoms. The van der Waals surface area contributed by atoms with Gasteiger partial charge in [0.15, 0.2) is 0 Å². The fourth-order valence-electron chi connectivity index (χ4n) is 6.38. The lowest BCUT2D eigenvalue weighted by Crippen LogP contribution is -2.45. The summed E-state index contributed by atoms with van der Waals surface area (Å²) in [6, 6.07) is 37.2. The number of rotatable bonds is 13. The number of ether oxygens (including phenoxy) is 1. The number of halogens is 1. The van der Waals surface area contributed by atoms with E-state index in [0.717, 1.165) is 67.6 Å². The Kier molecular flexibility index (Phi) is 11.4. The Labute approximate surface area is 265 Å². The quantitative estimate of drug-likeness (QED) is 0.175. The lowest BCUT2D eigenvalue weighted by atomic mass is 9.71. The zero-order valence-corrected chi connectivity index (χ0v) is 25.7. The SMILES string of the molecule is O=C(CNC(=O)OCc1ccccc1)NCC(CCCN1CCC(c2ccccc2F)CC1)(c1ccccc1)c1ccccc1. The third-order valence-electron chi connectivity index (χ3n) is 8.86. The van der Waals surface area contributed by atoms with Gasteiger partial charge in [-0.3, -0.25) is 4.79 Å². The molecule has 0 spiro atoms. The third kappa shape index (κ3) is 8.79. The van der Waals surface area contributed by atoms with Crippen LogP contribution in [0.15, 0.2) is 115 Å². The van der Waals surface area contributed by atoms with Crippen molar-refractivity contribution in [2.75, 3.05) is 32.7 Å². The summed E-state index contributed by atoms with van der Waals surface area (Å²) >= 11 is 0. The fourth-order valence-corrected chi connectivity index (χ4v) is 6.38. The first kappa shape index (κ1) is 31.9. The molecule has 2 N–H and O–H groups in total. The Morgan fingerprint density at radius 3 is 1.98 bits per heavy atom. The molecule has 1 heterocycles. The normalized spacial score (nSPS) is 14.1. The summed E-state index contributed by atoms with van der Waals surface area (Å²) in [5.74, 6) is -0.125. The minimum atomic E-state index is -0.634. The summed E-state index contributed by atoms with van der Waals surface area (Å²) in [5.41, 5.74) is 3.51. The second kappa shape index (κ2) is 16.0. The summed E-state index contributed by atoms with van der Waals surface area (Å²) in [6.45, 7) is 3.14. The number of likely N-dealkylation sites (tertiary alicyclic amines) is 1. The summed E-state index contributed by atoms with van der Waals surface area (Å²) in [6.07, 6.45) is 3.00. The fraction of sp³-hybridized carbons (Fsp3) is 0.316. The highest BCUT2D eigenvalue weighted by molar-refractivity contribution is 5.82. The molecular formula is C38H42FN3O3. The molecule has 2 amide bonds. The van der Waals surface area contributed by atoms with Gasteiger partial charge in [0.2, 0.25) is 5.91 Å². The predicted octanol–water partition coefficient (Wildman–Crippen LogP) is 6.81. The van der Waals surface area contributed by atoms with Crippen molar-refractivity contribution >= 4 is 12.0 Å². The Balaban J connectivity index is 1.21. The predicted molar refractivity (Wildman–Crippen MR) is 175 cm³/mol. The average Bonchev–Trinajstić information content (AvgIpc) is 3.10. The maximum Gasteiger partial charge on any atom is 0.407 e. The number of piperidine rings is 1. The number of benzene rings is 4. The monoisotopic (exact) mass is 607 g/mol. The molecule has 0 aliphatic carbocycles. The minimum absolute atomic E-state index is 0.104. The summed E-state index contributed by atoms with van der Waals surface area (Å²) < 4.78 is 19.6. The van der Waals surface area contributed by atoms with E-state index in [0.29, 0.717) is 6.54 Å². The average molecular weight is 608 g/mol. The Morgan fingerprint density at radius 1 is 0.778 bits per heavy atom. The Bertz CT molecular complexity index is 1450. The third-order valence-corrected chi connectivity index (χ3v) is 8.86. The van der Waals surface area contributed by atoms with Gasteiger partial charge in [-0.1, -0.05) is 109 Å². The first-order valence-electron chi connectivity index (χ1n) is 15.8. The van der Waals surface area contributed by atoms with E-state index < -0.39 is 11.5 Å². The van der Waals surface area contributed by atoms with E-state index in [4.69, 9.17) is 4.74 Å². The topological polar surface area (TPSA) is 70.7 Å². The van der Waals surface area contributed by atoms with E-state index in [1.165, 1.54) is 0 Å². The van der Waals surface area contributed by atoms with Crippen LogP contribution < -0.4 is 10.6 Å². The van der Waals surface area contributed by atoms with Gasteiger partial charge in [0.25, 0.3) is 0 Å². The van der Waals surface area contributed by atoms with Gasteiger partial charge < -0.3 is 20.3 Å². The van der Waals surface area contributed by atoms with Crippen molar-refractivity contribution in [3.05, 3.63) is 143 Å². The van der Waals surface area contributed by atoms with Gasteiger partial charge in [0.1, 0.15) is 12.4 Å². The second-order valence-electron chi connectivity index (χ2n) is 11.7. The van der Waals surface area contributed by atoms with Gasteiger partial charge in [0.05, 0.1) is 6.54 Å². The zero-order valence-electron chi connectivity index (χ0n) is 25.7. The van der Waals surface area contributed by atoms with Gasteiger partial charge in [-0.25, -0.2) is 9.18 Å². The van der Waals surface area contributed by atoms with Crippen molar-refractivity contribution in [2.45, 2.75) is 43.6 Å². The van der Waals surface area contributed by atoms with Crippen LogP contribution >= 0.6 is 0 Å². The number of carbonyl (C=O) groups is 2. The molecule has 7 heteroatoms. The van der Waals surface area contributed by atoms with E-state index in [9.17, 15) is 14.0 Å². The number of amides is 2. The maximum atomic E-state index is 14.4. The molecule has 0 unspecified atom stereocenters. The van der Waals surface area contributed by atoms with Crippen LogP contribution in [0.3, 0.4) is 0 Å². The molecule has 0 radical (unpaired) electrons. The molecule has 6 nitrogen and oxygen atoms in total. The first-order chi connectivity index (χ1) is 22.0. The van der Waals surface area contributed by atoms with E-state index in [1.54, 1.807) is 12.1 Å². The van der Waals surface area contributed by atoms with Crippen LogP contribution in [-0.4, -0.2) is 49.6 Å². The van der Waals surface area contributed by atoms with E-state index in [1.807, 2.05) is 78.9 Å². The summed E-state index contributed by atoms with van der Waals surface area (Å²) in [5, 5.41) is 5.68. The number of alkyl carbamates (subject to hydrolysis) is 1. The Hall–Kier alpha value is -4.49. The van der Waals surface area contributed by atoms with Crippen molar-refractivity contribution in [2.24, 2.45) is 0 Å².